The molecule has 250 valence electrons. The lowest BCUT2D eigenvalue weighted by atomic mass is 9.91. The van der Waals surface area contributed by atoms with E-state index in [4.69, 9.17) is 18.1 Å². The third-order valence-corrected chi connectivity index (χ3v) is 11.4. The predicted octanol–water partition coefficient (Wildman–Crippen LogP) is 12.0. The summed E-state index contributed by atoms with van der Waals surface area (Å²) in [6, 6.07) is 29.0. The highest BCUT2D eigenvalue weighted by Crippen LogP contribution is 2.58. The maximum absolute atomic E-state index is 14.6. The molecule has 4 aromatic rings. The van der Waals surface area contributed by atoms with Gasteiger partial charge in [-0.15, -0.1) is 0 Å². The molecule has 0 saturated heterocycles. The Morgan fingerprint density at radius 1 is 0.681 bits per heavy atom. The minimum absolute atomic E-state index is 0.0873. The highest BCUT2D eigenvalue weighted by molar-refractivity contribution is 7.53. The Hall–Kier alpha value is -3.40. The fraction of sp³-hybridized carbons (Fsp3) is 0.333. The minimum atomic E-state index is -3.73. The van der Waals surface area contributed by atoms with Gasteiger partial charge in [-0.3, -0.25) is 9.05 Å². The molecular formula is C39H48O6P2. The number of rotatable bonds is 18. The summed E-state index contributed by atoms with van der Waals surface area (Å²) in [6.07, 6.45) is 3.95. The zero-order valence-electron chi connectivity index (χ0n) is 28.4. The zero-order valence-corrected chi connectivity index (χ0v) is 30.2. The highest BCUT2D eigenvalue weighted by atomic mass is 31.2. The number of hydrogen-bond acceptors (Lipinski definition) is 6. The van der Waals surface area contributed by atoms with E-state index in [1.165, 1.54) is 0 Å². The topological polar surface area (TPSA) is 71.1 Å². The van der Waals surface area contributed by atoms with Gasteiger partial charge in [-0.1, -0.05) is 116 Å². The van der Waals surface area contributed by atoms with E-state index in [9.17, 15) is 9.13 Å². The van der Waals surface area contributed by atoms with Gasteiger partial charge in [-0.2, -0.15) is 0 Å². The molecule has 0 N–H and O–H groups in total. The Balaban J connectivity index is 1.98. The van der Waals surface area contributed by atoms with Crippen molar-refractivity contribution in [3.05, 3.63) is 125 Å². The van der Waals surface area contributed by atoms with Crippen LogP contribution in [0.5, 0.6) is 11.5 Å². The number of hydrogen-bond donors (Lipinski definition) is 0. The van der Waals surface area contributed by atoms with Crippen LogP contribution in [0.15, 0.2) is 97.6 Å². The number of aryl methyl sites for hydroxylation is 2. The van der Waals surface area contributed by atoms with Gasteiger partial charge in [-0.05, 0) is 80.5 Å². The fourth-order valence-electron chi connectivity index (χ4n) is 5.53. The standard InChI is InChI=1S/C39H48O6P2/c1-7-10-13-22-34-26-37(44-46(40,42-8-2)28-32-18-14-11-15-19-32)39(36-25-31(6)23-24-35(36)30(4)5)38(27-34)45-47(41,43-9-3)29-33-20-16-12-17-21-33/h11-12,14-21,23-27H,4,7-10,13,22,28-29H2,1-3,5-6H3. The van der Waals surface area contributed by atoms with Crippen LogP contribution in [-0.4, -0.2) is 13.2 Å². The molecule has 0 aliphatic heterocycles. The largest absolute Gasteiger partial charge is 0.423 e. The van der Waals surface area contributed by atoms with E-state index >= 15 is 0 Å². The summed E-state index contributed by atoms with van der Waals surface area (Å²) in [5.41, 5.74) is 6.60. The van der Waals surface area contributed by atoms with E-state index in [0.29, 0.717) is 17.1 Å². The molecule has 6 nitrogen and oxygen atoms in total. The maximum atomic E-state index is 14.6. The molecule has 4 rings (SSSR count). The van der Waals surface area contributed by atoms with Crippen molar-refractivity contribution in [2.45, 2.75) is 72.6 Å². The Morgan fingerprint density at radius 2 is 1.19 bits per heavy atom. The van der Waals surface area contributed by atoms with Crippen molar-refractivity contribution in [2.75, 3.05) is 13.2 Å². The molecule has 8 heteroatoms. The summed E-state index contributed by atoms with van der Waals surface area (Å²) in [5, 5.41) is 0. The summed E-state index contributed by atoms with van der Waals surface area (Å²) >= 11 is 0. The first-order valence-corrected chi connectivity index (χ1v) is 19.9. The van der Waals surface area contributed by atoms with Crippen LogP contribution in [-0.2, 0) is 36.9 Å². The molecule has 0 spiro atoms. The molecule has 0 fully saturated rings. The third kappa shape index (κ3) is 10.3. The molecule has 0 saturated carbocycles. The summed E-state index contributed by atoms with van der Waals surface area (Å²) in [5.74, 6) is 0.690. The summed E-state index contributed by atoms with van der Waals surface area (Å²) in [4.78, 5) is 0. The second kappa shape index (κ2) is 17.1. The lowest BCUT2D eigenvalue weighted by Gasteiger charge is -2.26. The molecular weight excluding hydrogens is 626 g/mol. The van der Waals surface area contributed by atoms with Gasteiger partial charge in [0.2, 0.25) is 0 Å². The van der Waals surface area contributed by atoms with Gasteiger partial charge in [0, 0.05) is 0 Å². The smallest absolute Gasteiger partial charge is 0.383 e. The van der Waals surface area contributed by atoms with E-state index in [1.807, 2.05) is 105 Å². The summed E-state index contributed by atoms with van der Waals surface area (Å²) in [6.45, 7) is 14.4. The Labute approximate surface area is 281 Å². The second-order valence-corrected chi connectivity index (χ2v) is 15.7. The molecule has 0 amide bonds. The number of benzene rings is 4. The second-order valence-electron chi connectivity index (χ2n) is 11.8. The van der Waals surface area contributed by atoms with Crippen molar-refractivity contribution in [1.29, 1.82) is 0 Å². The van der Waals surface area contributed by atoms with E-state index < -0.39 is 15.2 Å². The van der Waals surface area contributed by atoms with Crippen LogP contribution in [0, 0.1) is 6.92 Å². The predicted molar refractivity (Wildman–Crippen MR) is 195 cm³/mol. The average molecular weight is 675 g/mol. The molecule has 0 aliphatic carbocycles. The van der Waals surface area contributed by atoms with Crippen LogP contribution in [0.2, 0.25) is 0 Å². The quantitative estimate of drug-likeness (QED) is 0.0773. The first kappa shape index (κ1) is 36.4. The SMILES string of the molecule is C=C(C)c1ccc(C)cc1-c1c(OP(=O)(Cc2ccccc2)OCC)cc(CCCCC)cc1OP(=O)(Cc1ccccc1)OCC. The molecule has 2 atom stereocenters. The summed E-state index contributed by atoms with van der Waals surface area (Å²) in [7, 11) is -7.46. The van der Waals surface area contributed by atoms with Gasteiger partial charge >= 0.3 is 15.2 Å². The van der Waals surface area contributed by atoms with Gasteiger partial charge in [0.1, 0.15) is 11.5 Å². The lowest BCUT2D eigenvalue weighted by molar-refractivity contribution is 0.276. The van der Waals surface area contributed by atoms with E-state index in [1.54, 1.807) is 13.8 Å². The molecule has 0 radical (unpaired) electrons. The fourth-order valence-corrected chi connectivity index (χ4v) is 8.94. The van der Waals surface area contributed by atoms with Crippen molar-refractivity contribution < 1.29 is 27.2 Å². The van der Waals surface area contributed by atoms with Gasteiger partial charge in [-0.25, -0.2) is 9.13 Å². The van der Waals surface area contributed by atoms with Gasteiger partial charge < -0.3 is 9.05 Å². The average Bonchev–Trinajstić information content (AvgIpc) is 3.02. The minimum Gasteiger partial charge on any atom is -0.423 e. The van der Waals surface area contributed by atoms with Crippen LogP contribution in [0.3, 0.4) is 0 Å². The molecule has 0 bridgehead atoms. The van der Waals surface area contributed by atoms with Gasteiger partial charge in [0.15, 0.2) is 0 Å². The highest BCUT2D eigenvalue weighted by Gasteiger charge is 2.33. The summed E-state index contributed by atoms with van der Waals surface area (Å²) < 4.78 is 54.1. The van der Waals surface area contributed by atoms with Crippen molar-refractivity contribution >= 4 is 20.8 Å². The number of unbranched alkanes of at least 4 members (excludes halogenated alkanes) is 2. The molecule has 0 aromatic heterocycles. The van der Waals surface area contributed by atoms with Crippen molar-refractivity contribution in [3.8, 4) is 22.6 Å². The zero-order chi connectivity index (χ0) is 33.9. The maximum Gasteiger partial charge on any atom is 0.383 e. The first-order chi connectivity index (χ1) is 22.6. The molecule has 2 unspecified atom stereocenters. The number of allylic oxidation sites excluding steroid dienone is 1. The van der Waals surface area contributed by atoms with Crippen LogP contribution >= 0.6 is 15.2 Å². The van der Waals surface area contributed by atoms with Gasteiger partial charge in [0.25, 0.3) is 0 Å². The van der Waals surface area contributed by atoms with E-state index in [0.717, 1.165) is 64.6 Å². The van der Waals surface area contributed by atoms with Crippen LogP contribution < -0.4 is 9.05 Å². The molecule has 47 heavy (non-hydrogen) atoms. The van der Waals surface area contributed by atoms with Crippen molar-refractivity contribution in [3.63, 3.8) is 0 Å². The normalized spacial score (nSPS) is 13.8. The van der Waals surface area contributed by atoms with Crippen molar-refractivity contribution in [1.82, 2.24) is 0 Å². The van der Waals surface area contributed by atoms with E-state index in [-0.39, 0.29) is 25.5 Å². The molecule has 0 heterocycles. The monoisotopic (exact) mass is 674 g/mol. The lowest BCUT2D eigenvalue weighted by Crippen LogP contribution is -2.07. The van der Waals surface area contributed by atoms with Crippen LogP contribution in [0.4, 0.5) is 0 Å². The molecule has 0 aliphatic rings. The Kier molecular flexibility index (Phi) is 13.3. The van der Waals surface area contributed by atoms with Crippen LogP contribution in [0.1, 0.15) is 74.8 Å². The van der Waals surface area contributed by atoms with E-state index in [2.05, 4.69) is 13.5 Å². The Bertz CT molecular complexity index is 1630. The third-order valence-electron chi connectivity index (χ3n) is 7.66. The Morgan fingerprint density at radius 3 is 1.64 bits per heavy atom. The first-order valence-electron chi connectivity index (χ1n) is 16.5. The van der Waals surface area contributed by atoms with Gasteiger partial charge in [0.05, 0.1) is 31.1 Å². The molecule has 4 aromatic carbocycles. The van der Waals surface area contributed by atoms with Crippen LogP contribution in [0.25, 0.3) is 16.7 Å². The van der Waals surface area contributed by atoms with Crippen molar-refractivity contribution in [2.24, 2.45) is 0 Å².